The number of carbonyl (C=O) groups excluding carboxylic acids is 3. The maximum Gasteiger partial charge on any atom is 0.257 e. The Bertz CT molecular complexity index is 742. The van der Waals surface area contributed by atoms with E-state index in [-0.39, 0.29) is 19.6 Å². The molecule has 2 atom stereocenters. The number of halogens is 2. The standard InChI is InChI=1S/C16H17F2N3O4/c1-19-13(8-22)16(25)21-5-4-20(7-12(21)15(19)24)14(23)10-6-9(17)2-3-11(10)18/h2-3,6,12-13,22H,4-5,7-8H2,1H3/t12-,13+/m1/s1. The molecule has 0 bridgehead atoms. The molecule has 0 aliphatic carbocycles. The molecule has 3 amide bonds. The molecule has 1 aromatic carbocycles. The third-order valence-corrected chi connectivity index (χ3v) is 4.67. The quantitative estimate of drug-likeness (QED) is 0.774. The van der Waals surface area contributed by atoms with Crippen LogP contribution in [0.25, 0.3) is 0 Å². The van der Waals surface area contributed by atoms with Crippen LogP contribution in [0.1, 0.15) is 10.4 Å². The first-order chi connectivity index (χ1) is 11.8. The molecule has 1 N–H and O–H groups in total. The van der Waals surface area contributed by atoms with E-state index in [1.54, 1.807) is 0 Å². The Morgan fingerprint density at radius 2 is 1.96 bits per heavy atom. The average Bonchev–Trinajstić information content (AvgIpc) is 2.61. The number of aliphatic hydroxyl groups excluding tert-OH is 1. The third-order valence-electron chi connectivity index (χ3n) is 4.67. The Hall–Kier alpha value is -2.55. The second-order valence-corrected chi connectivity index (χ2v) is 6.07. The van der Waals surface area contributed by atoms with Gasteiger partial charge in [-0.1, -0.05) is 0 Å². The second kappa shape index (κ2) is 6.40. The van der Waals surface area contributed by atoms with Gasteiger partial charge in [0.2, 0.25) is 11.8 Å². The summed E-state index contributed by atoms with van der Waals surface area (Å²) >= 11 is 0. The molecule has 3 rings (SSSR count). The van der Waals surface area contributed by atoms with Crippen LogP contribution in [0.2, 0.25) is 0 Å². The zero-order chi connectivity index (χ0) is 18.3. The molecule has 0 radical (unpaired) electrons. The molecule has 1 aromatic rings. The average molecular weight is 353 g/mol. The van der Waals surface area contributed by atoms with Gasteiger partial charge in [0.15, 0.2) is 0 Å². The molecule has 0 unspecified atom stereocenters. The predicted octanol–water partition coefficient (Wildman–Crippen LogP) is -0.549. The summed E-state index contributed by atoms with van der Waals surface area (Å²) in [6.07, 6.45) is 0. The van der Waals surface area contributed by atoms with Gasteiger partial charge in [-0.3, -0.25) is 14.4 Å². The summed E-state index contributed by atoms with van der Waals surface area (Å²) < 4.78 is 27.1. The lowest BCUT2D eigenvalue weighted by molar-refractivity contribution is -0.164. The Labute approximate surface area is 142 Å². The number of likely N-dealkylation sites (N-methyl/N-ethyl adjacent to an activating group) is 1. The number of hydrogen-bond acceptors (Lipinski definition) is 4. The smallest absolute Gasteiger partial charge is 0.257 e. The summed E-state index contributed by atoms with van der Waals surface area (Å²) in [7, 11) is 1.41. The first kappa shape index (κ1) is 17.3. The number of fused-ring (bicyclic) bond motifs is 1. The number of hydrogen-bond donors (Lipinski definition) is 1. The molecule has 25 heavy (non-hydrogen) atoms. The summed E-state index contributed by atoms with van der Waals surface area (Å²) in [6, 6.07) is 0.762. The van der Waals surface area contributed by atoms with Crippen molar-refractivity contribution in [3.05, 3.63) is 35.4 Å². The largest absolute Gasteiger partial charge is 0.394 e. The minimum absolute atomic E-state index is 0.0856. The highest BCUT2D eigenvalue weighted by molar-refractivity contribution is 5.99. The normalized spacial score (nSPS) is 23.8. The van der Waals surface area contributed by atoms with E-state index < -0.39 is 53.6 Å². The molecule has 2 fully saturated rings. The highest BCUT2D eigenvalue weighted by atomic mass is 19.1. The number of benzene rings is 1. The Kier molecular flexibility index (Phi) is 4.42. The number of amides is 3. The second-order valence-electron chi connectivity index (χ2n) is 6.07. The Morgan fingerprint density at radius 3 is 2.64 bits per heavy atom. The van der Waals surface area contributed by atoms with Crippen LogP contribution in [-0.2, 0) is 9.59 Å². The van der Waals surface area contributed by atoms with Crippen LogP contribution < -0.4 is 0 Å². The van der Waals surface area contributed by atoms with Gasteiger partial charge >= 0.3 is 0 Å². The van der Waals surface area contributed by atoms with E-state index >= 15 is 0 Å². The van der Waals surface area contributed by atoms with Gasteiger partial charge in [0.1, 0.15) is 23.7 Å². The van der Waals surface area contributed by atoms with Crippen molar-refractivity contribution in [2.75, 3.05) is 33.3 Å². The molecule has 134 valence electrons. The van der Waals surface area contributed by atoms with Gasteiger partial charge < -0.3 is 19.8 Å². The fourth-order valence-corrected chi connectivity index (χ4v) is 3.22. The zero-order valence-electron chi connectivity index (χ0n) is 13.5. The minimum atomic E-state index is -0.938. The zero-order valence-corrected chi connectivity index (χ0v) is 13.5. The number of rotatable bonds is 2. The minimum Gasteiger partial charge on any atom is -0.394 e. The summed E-state index contributed by atoms with van der Waals surface area (Å²) in [5.74, 6) is -3.12. The van der Waals surface area contributed by atoms with Crippen molar-refractivity contribution in [1.29, 1.82) is 0 Å². The van der Waals surface area contributed by atoms with Crippen molar-refractivity contribution < 1.29 is 28.3 Å². The van der Waals surface area contributed by atoms with E-state index in [1.165, 1.54) is 16.8 Å². The molecular formula is C16H17F2N3O4. The molecule has 0 saturated carbocycles. The predicted molar refractivity (Wildman–Crippen MR) is 81.4 cm³/mol. The van der Waals surface area contributed by atoms with Crippen molar-refractivity contribution in [3.8, 4) is 0 Å². The highest BCUT2D eigenvalue weighted by Gasteiger charge is 2.47. The van der Waals surface area contributed by atoms with E-state index in [9.17, 15) is 28.3 Å². The van der Waals surface area contributed by atoms with Gasteiger partial charge in [0.25, 0.3) is 5.91 Å². The van der Waals surface area contributed by atoms with E-state index in [0.717, 1.165) is 23.1 Å². The van der Waals surface area contributed by atoms with Gasteiger partial charge in [-0.2, -0.15) is 0 Å². The first-order valence-corrected chi connectivity index (χ1v) is 7.77. The van der Waals surface area contributed by atoms with Crippen LogP contribution in [0, 0.1) is 11.6 Å². The molecule has 0 spiro atoms. The maximum atomic E-state index is 13.8. The van der Waals surface area contributed by atoms with Crippen molar-refractivity contribution in [2.24, 2.45) is 0 Å². The van der Waals surface area contributed by atoms with E-state index in [2.05, 4.69) is 0 Å². The van der Waals surface area contributed by atoms with Crippen LogP contribution in [0.15, 0.2) is 18.2 Å². The van der Waals surface area contributed by atoms with E-state index in [0.29, 0.717) is 0 Å². The Morgan fingerprint density at radius 1 is 1.24 bits per heavy atom. The monoisotopic (exact) mass is 353 g/mol. The number of nitrogens with zero attached hydrogens (tertiary/aromatic N) is 3. The topological polar surface area (TPSA) is 81.2 Å². The fraction of sp³-hybridized carbons (Fsp3) is 0.438. The SMILES string of the molecule is CN1C(=O)[C@H]2CN(C(=O)c3cc(F)ccc3F)CCN2C(=O)[C@@H]1CO. The van der Waals surface area contributed by atoms with Crippen LogP contribution in [-0.4, -0.2) is 82.9 Å². The summed E-state index contributed by atoms with van der Waals surface area (Å²) in [5, 5.41) is 9.30. The lowest BCUT2D eigenvalue weighted by Gasteiger charge is -2.47. The van der Waals surface area contributed by atoms with Crippen LogP contribution in [0.5, 0.6) is 0 Å². The molecule has 9 heteroatoms. The fourth-order valence-electron chi connectivity index (χ4n) is 3.22. The van der Waals surface area contributed by atoms with Gasteiger partial charge in [-0.25, -0.2) is 8.78 Å². The molecule has 2 saturated heterocycles. The van der Waals surface area contributed by atoms with Crippen LogP contribution >= 0.6 is 0 Å². The summed E-state index contributed by atoms with van der Waals surface area (Å²) in [5.41, 5.74) is -0.412. The summed E-state index contributed by atoms with van der Waals surface area (Å²) in [6.45, 7) is -0.419. The lowest BCUT2D eigenvalue weighted by atomic mass is 10.0. The first-order valence-electron chi connectivity index (χ1n) is 7.77. The number of aliphatic hydroxyl groups is 1. The van der Waals surface area contributed by atoms with Crippen LogP contribution in [0.3, 0.4) is 0 Å². The lowest BCUT2D eigenvalue weighted by Crippen LogP contribution is -2.70. The number of carbonyl (C=O) groups is 3. The molecule has 2 heterocycles. The van der Waals surface area contributed by atoms with Crippen molar-refractivity contribution in [1.82, 2.24) is 14.7 Å². The highest BCUT2D eigenvalue weighted by Crippen LogP contribution is 2.23. The van der Waals surface area contributed by atoms with Gasteiger partial charge in [0.05, 0.1) is 18.7 Å². The van der Waals surface area contributed by atoms with Crippen molar-refractivity contribution in [2.45, 2.75) is 12.1 Å². The van der Waals surface area contributed by atoms with Crippen LogP contribution in [0.4, 0.5) is 8.78 Å². The molecule has 2 aliphatic rings. The van der Waals surface area contributed by atoms with E-state index in [4.69, 9.17) is 0 Å². The van der Waals surface area contributed by atoms with Gasteiger partial charge in [-0.05, 0) is 18.2 Å². The molecular weight excluding hydrogens is 336 g/mol. The molecule has 2 aliphatic heterocycles. The third kappa shape index (κ3) is 2.84. The van der Waals surface area contributed by atoms with Gasteiger partial charge in [-0.15, -0.1) is 0 Å². The molecule has 7 nitrogen and oxygen atoms in total. The van der Waals surface area contributed by atoms with Gasteiger partial charge in [0, 0.05) is 20.1 Å². The Balaban J connectivity index is 1.83. The maximum absolute atomic E-state index is 13.8. The summed E-state index contributed by atoms with van der Waals surface area (Å²) in [4.78, 5) is 41.0. The van der Waals surface area contributed by atoms with Crippen molar-refractivity contribution in [3.63, 3.8) is 0 Å². The van der Waals surface area contributed by atoms with E-state index in [1.807, 2.05) is 0 Å². The van der Waals surface area contributed by atoms with Crippen molar-refractivity contribution >= 4 is 17.7 Å². The molecule has 0 aromatic heterocycles. The number of piperazine rings is 2.